The Hall–Kier alpha value is -0.950. The van der Waals surface area contributed by atoms with Crippen LogP contribution in [0.5, 0.6) is 0 Å². The van der Waals surface area contributed by atoms with E-state index in [1.807, 2.05) is 0 Å². The third kappa shape index (κ3) is 21.9. The lowest BCUT2D eigenvalue weighted by Gasteiger charge is -2.27. The number of carbonyl (C=O) groups is 1. The maximum atomic E-state index is 12.3. The number of carbonyl (C=O) groups excluding carboxylic acids is 1. The predicted octanol–water partition coefficient (Wildman–Crippen LogP) is 6.72. The molecule has 226 valence electrons. The lowest BCUT2D eigenvalue weighted by Crippen LogP contribution is -2.53. The fourth-order valence-corrected chi connectivity index (χ4v) is 4.81. The number of hydrogen-bond acceptors (Lipinski definition) is 5. The number of rotatable bonds is 28. The van der Waals surface area contributed by atoms with E-state index >= 15 is 0 Å². The average molecular weight is 542 g/mol. The van der Waals surface area contributed by atoms with Crippen LogP contribution in [0.1, 0.15) is 155 Å². The van der Waals surface area contributed by atoms with Crippen LogP contribution in [0.3, 0.4) is 0 Å². The molecule has 4 atom stereocenters. The Balaban J connectivity index is 3.92. The van der Waals surface area contributed by atoms with Gasteiger partial charge in [0, 0.05) is 0 Å². The fourth-order valence-electron chi connectivity index (χ4n) is 4.81. The Kier molecular flexibility index (Phi) is 26.9. The molecule has 0 aliphatic carbocycles. The van der Waals surface area contributed by atoms with Gasteiger partial charge in [-0.25, -0.2) is 0 Å². The van der Waals surface area contributed by atoms with Gasteiger partial charge in [0.15, 0.2) is 0 Å². The van der Waals surface area contributed by atoms with Gasteiger partial charge in [0.25, 0.3) is 0 Å². The molecule has 0 saturated carbocycles. The first kappa shape index (κ1) is 37.0. The van der Waals surface area contributed by atoms with Crippen molar-refractivity contribution in [2.45, 2.75) is 179 Å². The lowest BCUT2D eigenvalue weighted by atomic mass is 10.00. The van der Waals surface area contributed by atoms with Crippen LogP contribution in [0.15, 0.2) is 12.2 Å². The Bertz CT molecular complexity index is 542. The number of aliphatic hydroxyl groups excluding tert-OH is 4. The first-order valence-corrected chi connectivity index (χ1v) is 16.1. The molecule has 0 rings (SSSR count). The highest BCUT2D eigenvalue weighted by Gasteiger charge is 2.28. The van der Waals surface area contributed by atoms with Gasteiger partial charge in [-0.05, 0) is 38.5 Å². The van der Waals surface area contributed by atoms with Gasteiger partial charge in [-0.15, -0.1) is 0 Å². The number of amides is 1. The summed E-state index contributed by atoms with van der Waals surface area (Å²) in [5, 5.41) is 43.1. The fraction of sp³-hybridized carbons (Fsp3) is 0.906. The summed E-state index contributed by atoms with van der Waals surface area (Å²) in [6.45, 7) is 3.96. The molecule has 0 aliphatic rings. The van der Waals surface area contributed by atoms with Crippen LogP contribution in [-0.2, 0) is 4.79 Å². The molecular weight excluding hydrogens is 478 g/mol. The van der Waals surface area contributed by atoms with Crippen LogP contribution in [0.25, 0.3) is 0 Å². The molecule has 1 amide bonds. The Morgan fingerprint density at radius 1 is 0.632 bits per heavy atom. The molecule has 0 aromatic heterocycles. The van der Waals surface area contributed by atoms with Crippen molar-refractivity contribution in [3.8, 4) is 0 Å². The van der Waals surface area contributed by atoms with E-state index in [1.54, 1.807) is 0 Å². The summed E-state index contributed by atoms with van der Waals surface area (Å²) in [6.07, 6.45) is 25.3. The molecule has 0 bridgehead atoms. The van der Waals surface area contributed by atoms with Gasteiger partial charge in [-0.1, -0.05) is 129 Å². The summed E-state index contributed by atoms with van der Waals surface area (Å²) in [5.74, 6) is -0.599. The van der Waals surface area contributed by atoms with Crippen molar-refractivity contribution in [1.82, 2.24) is 5.32 Å². The van der Waals surface area contributed by atoms with E-state index in [4.69, 9.17) is 0 Å². The second kappa shape index (κ2) is 27.6. The zero-order valence-corrected chi connectivity index (χ0v) is 24.9. The van der Waals surface area contributed by atoms with E-state index in [-0.39, 0.29) is 0 Å². The molecule has 0 radical (unpaired) electrons. The minimum absolute atomic E-state index is 0.364. The molecule has 0 aliphatic heterocycles. The average Bonchev–Trinajstić information content (AvgIpc) is 2.92. The van der Waals surface area contributed by atoms with Gasteiger partial charge in [0.05, 0.1) is 18.8 Å². The van der Waals surface area contributed by atoms with Crippen LogP contribution in [-0.4, -0.2) is 57.3 Å². The molecule has 0 aromatic rings. The first-order valence-electron chi connectivity index (χ1n) is 16.1. The summed E-state index contributed by atoms with van der Waals surface area (Å²) in [5.41, 5.74) is 0. The normalized spacial score (nSPS) is 15.0. The highest BCUT2D eigenvalue weighted by Crippen LogP contribution is 2.14. The third-order valence-corrected chi connectivity index (χ3v) is 7.48. The lowest BCUT2D eigenvalue weighted by molar-refractivity contribution is -0.132. The number of unbranched alkanes of at least 4 members (excludes halogenated alkanes) is 17. The number of aliphatic hydroxyl groups is 4. The van der Waals surface area contributed by atoms with E-state index in [1.165, 1.54) is 89.9 Å². The van der Waals surface area contributed by atoms with Crippen LogP contribution in [0.4, 0.5) is 0 Å². The van der Waals surface area contributed by atoms with E-state index in [2.05, 4.69) is 31.3 Å². The Morgan fingerprint density at radius 2 is 1.08 bits per heavy atom. The van der Waals surface area contributed by atoms with Crippen LogP contribution < -0.4 is 5.32 Å². The summed E-state index contributed by atoms with van der Waals surface area (Å²) in [7, 11) is 0. The second-order valence-corrected chi connectivity index (χ2v) is 11.2. The second-order valence-electron chi connectivity index (χ2n) is 11.2. The Morgan fingerprint density at radius 3 is 1.58 bits per heavy atom. The van der Waals surface area contributed by atoms with E-state index in [0.29, 0.717) is 12.8 Å². The van der Waals surface area contributed by atoms with Gasteiger partial charge >= 0.3 is 0 Å². The molecule has 5 N–H and O–H groups in total. The smallest absolute Gasteiger partial charge is 0.249 e. The van der Waals surface area contributed by atoms with Gasteiger partial charge in [0.1, 0.15) is 12.2 Å². The molecule has 0 fully saturated rings. The summed E-state index contributed by atoms with van der Waals surface area (Å²) >= 11 is 0. The van der Waals surface area contributed by atoms with Gasteiger partial charge in [0.2, 0.25) is 5.91 Å². The third-order valence-electron chi connectivity index (χ3n) is 7.48. The van der Waals surface area contributed by atoms with E-state index < -0.39 is 36.9 Å². The monoisotopic (exact) mass is 541 g/mol. The van der Waals surface area contributed by atoms with Crippen molar-refractivity contribution in [2.75, 3.05) is 6.61 Å². The van der Waals surface area contributed by atoms with Gasteiger partial charge in [-0.2, -0.15) is 0 Å². The first-order chi connectivity index (χ1) is 18.5. The maximum Gasteiger partial charge on any atom is 0.249 e. The van der Waals surface area contributed by atoms with Crippen molar-refractivity contribution in [3.63, 3.8) is 0 Å². The minimum atomic E-state index is -1.27. The zero-order chi connectivity index (χ0) is 28.3. The summed E-state index contributed by atoms with van der Waals surface area (Å²) < 4.78 is 0. The van der Waals surface area contributed by atoms with Crippen molar-refractivity contribution in [3.05, 3.63) is 12.2 Å². The van der Waals surface area contributed by atoms with Crippen LogP contribution in [0.2, 0.25) is 0 Å². The molecule has 38 heavy (non-hydrogen) atoms. The largest absolute Gasteiger partial charge is 0.394 e. The number of allylic oxidation sites excluding steroid dienone is 2. The molecule has 0 aromatic carbocycles. The van der Waals surface area contributed by atoms with Crippen molar-refractivity contribution in [1.29, 1.82) is 0 Å². The van der Waals surface area contributed by atoms with E-state index in [9.17, 15) is 25.2 Å². The molecule has 0 saturated heterocycles. The summed E-state index contributed by atoms with van der Waals surface area (Å²) in [6, 6.07) is -0.993. The minimum Gasteiger partial charge on any atom is -0.394 e. The van der Waals surface area contributed by atoms with Crippen molar-refractivity contribution in [2.24, 2.45) is 0 Å². The molecular formula is C32H63NO5. The number of nitrogens with one attached hydrogen (secondary N) is 1. The van der Waals surface area contributed by atoms with Crippen LogP contribution >= 0.6 is 0 Å². The van der Waals surface area contributed by atoms with Crippen LogP contribution in [0, 0.1) is 0 Å². The molecule has 6 nitrogen and oxygen atoms in total. The number of hydrogen-bond donors (Lipinski definition) is 5. The van der Waals surface area contributed by atoms with Crippen molar-refractivity contribution >= 4 is 5.91 Å². The highest BCUT2D eigenvalue weighted by atomic mass is 16.3. The van der Waals surface area contributed by atoms with E-state index in [0.717, 1.165) is 38.5 Å². The van der Waals surface area contributed by atoms with Crippen molar-refractivity contribution < 1.29 is 25.2 Å². The van der Waals surface area contributed by atoms with Gasteiger partial charge in [-0.3, -0.25) is 4.79 Å². The Labute approximate surface area is 234 Å². The topological polar surface area (TPSA) is 110 Å². The quantitative estimate of drug-likeness (QED) is 0.0557. The molecule has 4 unspecified atom stereocenters. The zero-order valence-electron chi connectivity index (χ0n) is 24.9. The summed E-state index contributed by atoms with van der Waals surface area (Å²) in [4.78, 5) is 12.3. The SMILES string of the molecule is CCCCCCCCCCC/C=C/CCCC(O)C(O)C(CO)NC(=O)C(O)CCCCCCCCCC. The molecule has 6 heteroatoms. The predicted molar refractivity (Wildman–Crippen MR) is 159 cm³/mol. The van der Waals surface area contributed by atoms with Gasteiger partial charge < -0.3 is 25.7 Å². The molecule has 0 heterocycles. The molecule has 0 spiro atoms. The highest BCUT2D eigenvalue weighted by molar-refractivity contribution is 5.80. The maximum absolute atomic E-state index is 12.3. The standard InChI is InChI=1S/C32H63NO5/c1-3-5-7-9-11-13-14-15-16-17-18-20-21-23-25-29(35)31(37)28(27-34)33-32(38)30(36)26-24-22-19-12-10-8-6-4-2/h18,20,28-31,34-37H,3-17,19,21-27H2,1-2H3,(H,33,38)/b20-18+.